The minimum Gasteiger partial charge on any atom is -0.313 e. The van der Waals surface area contributed by atoms with Crippen molar-refractivity contribution in [2.24, 2.45) is 0 Å². The average Bonchev–Trinajstić information content (AvgIpc) is 3.07. The lowest BCUT2D eigenvalue weighted by atomic mass is 10.2. The minimum absolute atomic E-state index is 0.665. The Morgan fingerprint density at radius 1 is 1.45 bits per heavy atom. The lowest BCUT2D eigenvalue weighted by Crippen LogP contribution is -2.37. The van der Waals surface area contributed by atoms with Gasteiger partial charge in [-0.1, -0.05) is 13.0 Å². The minimum atomic E-state index is 0.665. The van der Waals surface area contributed by atoms with Crippen LogP contribution in [0.2, 0.25) is 0 Å². The van der Waals surface area contributed by atoms with Crippen molar-refractivity contribution in [1.29, 1.82) is 0 Å². The van der Waals surface area contributed by atoms with Crippen LogP contribution in [0.1, 0.15) is 31.9 Å². The molecule has 0 saturated carbocycles. The Kier molecular flexibility index (Phi) is 4.33. The summed E-state index contributed by atoms with van der Waals surface area (Å²) in [4.78, 5) is 7.24. The number of nitrogens with zero attached hydrogens (tertiary/aromatic N) is 3. The third kappa shape index (κ3) is 3.19. The van der Waals surface area contributed by atoms with E-state index < -0.39 is 0 Å². The molecule has 0 aliphatic carbocycles. The molecule has 0 amide bonds. The first-order chi connectivity index (χ1) is 9.85. The predicted molar refractivity (Wildman–Crippen MR) is 81.8 cm³/mol. The Balaban J connectivity index is 1.68. The van der Waals surface area contributed by atoms with Gasteiger partial charge in [-0.15, -0.1) is 0 Å². The summed E-state index contributed by atoms with van der Waals surface area (Å²) in [7, 11) is 0. The molecular formula is C16H24N4. The van der Waals surface area contributed by atoms with E-state index >= 15 is 0 Å². The van der Waals surface area contributed by atoms with Crippen LogP contribution in [0, 0.1) is 0 Å². The highest BCUT2D eigenvalue weighted by Crippen LogP contribution is 2.11. The van der Waals surface area contributed by atoms with E-state index in [0.29, 0.717) is 6.04 Å². The van der Waals surface area contributed by atoms with Gasteiger partial charge in [-0.25, -0.2) is 4.98 Å². The summed E-state index contributed by atoms with van der Waals surface area (Å²) in [5.74, 6) is 0. The molecule has 1 aliphatic rings. The van der Waals surface area contributed by atoms with Crippen molar-refractivity contribution >= 4 is 5.65 Å². The van der Waals surface area contributed by atoms with E-state index in [0.717, 1.165) is 25.3 Å². The number of hydrogen-bond acceptors (Lipinski definition) is 3. The maximum atomic E-state index is 4.71. The molecule has 1 unspecified atom stereocenters. The number of imidazole rings is 1. The average molecular weight is 272 g/mol. The molecule has 2 aromatic heterocycles. The third-order valence-electron chi connectivity index (χ3n) is 3.98. The van der Waals surface area contributed by atoms with Crippen molar-refractivity contribution in [3.05, 3.63) is 36.3 Å². The van der Waals surface area contributed by atoms with Gasteiger partial charge in [0.15, 0.2) is 0 Å². The molecule has 0 bridgehead atoms. The standard InChI is InChI=1S/C16H24N4/c1-2-9-19(11-14-6-5-8-17-14)12-15-13-20-10-4-3-7-16(20)18-15/h3-4,7,10,13-14,17H,2,5-6,8-9,11-12H2,1H3. The van der Waals surface area contributed by atoms with Crippen LogP contribution < -0.4 is 5.32 Å². The second-order valence-corrected chi connectivity index (χ2v) is 5.73. The predicted octanol–water partition coefficient (Wildman–Crippen LogP) is 2.30. The van der Waals surface area contributed by atoms with Crippen molar-refractivity contribution < 1.29 is 0 Å². The molecule has 4 heteroatoms. The highest BCUT2D eigenvalue weighted by atomic mass is 15.2. The molecule has 1 fully saturated rings. The molecular weight excluding hydrogens is 248 g/mol. The van der Waals surface area contributed by atoms with E-state index in [2.05, 4.69) is 40.0 Å². The Morgan fingerprint density at radius 2 is 2.40 bits per heavy atom. The van der Waals surface area contributed by atoms with E-state index in [1.54, 1.807) is 0 Å². The first-order valence-corrected chi connectivity index (χ1v) is 7.73. The fourth-order valence-electron chi connectivity index (χ4n) is 3.07. The Morgan fingerprint density at radius 3 is 3.15 bits per heavy atom. The van der Waals surface area contributed by atoms with Crippen molar-refractivity contribution in [3.8, 4) is 0 Å². The van der Waals surface area contributed by atoms with Gasteiger partial charge in [-0.05, 0) is 44.5 Å². The van der Waals surface area contributed by atoms with Gasteiger partial charge >= 0.3 is 0 Å². The van der Waals surface area contributed by atoms with Gasteiger partial charge in [0.05, 0.1) is 5.69 Å². The topological polar surface area (TPSA) is 32.6 Å². The van der Waals surface area contributed by atoms with Crippen LogP contribution >= 0.6 is 0 Å². The highest BCUT2D eigenvalue weighted by molar-refractivity contribution is 5.39. The van der Waals surface area contributed by atoms with E-state index in [-0.39, 0.29) is 0 Å². The van der Waals surface area contributed by atoms with Crippen molar-refractivity contribution in [2.75, 3.05) is 19.6 Å². The molecule has 1 N–H and O–H groups in total. The van der Waals surface area contributed by atoms with Crippen LogP contribution in [0.25, 0.3) is 5.65 Å². The molecule has 3 heterocycles. The lowest BCUT2D eigenvalue weighted by molar-refractivity contribution is 0.239. The van der Waals surface area contributed by atoms with Crippen LogP contribution in [-0.4, -0.2) is 40.0 Å². The number of aromatic nitrogens is 2. The monoisotopic (exact) mass is 272 g/mol. The Labute approximate surface area is 120 Å². The summed E-state index contributed by atoms with van der Waals surface area (Å²) in [6, 6.07) is 6.81. The highest BCUT2D eigenvalue weighted by Gasteiger charge is 2.18. The van der Waals surface area contributed by atoms with Gasteiger partial charge in [0.1, 0.15) is 5.65 Å². The number of fused-ring (bicyclic) bond motifs is 1. The molecule has 108 valence electrons. The Hall–Kier alpha value is -1.39. The van der Waals surface area contributed by atoms with Gasteiger partial charge < -0.3 is 9.72 Å². The van der Waals surface area contributed by atoms with Crippen LogP contribution in [0.15, 0.2) is 30.6 Å². The number of nitrogens with one attached hydrogen (secondary N) is 1. The van der Waals surface area contributed by atoms with Crippen molar-refractivity contribution in [1.82, 2.24) is 19.6 Å². The zero-order valence-corrected chi connectivity index (χ0v) is 12.3. The van der Waals surface area contributed by atoms with E-state index in [4.69, 9.17) is 4.98 Å². The van der Waals surface area contributed by atoms with Gasteiger partial charge in [0.2, 0.25) is 0 Å². The SMILES string of the molecule is CCCN(Cc1cn2ccccc2n1)CC1CCCN1. The summed E-state index contributed by atoms with van der Waals surface area (Å²) in [5, 5.41) is 3.59. The summed E-state index contributed by atoms with van der Waals surface area (Å²) < 4.78 is 2.10. The van der Waals surface area contributed by atoms with Crippen molar-refractivity contribution in [3.63, 3.8) is 0 Å². The van der Waals surface area contributed by atoms with E-state index in [9.17, 15) is 0 Å². The molecule has 0 aromatic carbocycles. The molecule has 1 atom stereocenters. The third-order valence-corrected chi connectivity index (χ3v) is 3.98. The molecule has 20 heavy (non-hydrogen) atoms. The zero-order chi connectivity index (χ0) is 13.8. The Bertz CT molecular complexity index is 509. The smallest absolute Gasteiger partial charge is 0.137 e. The van der Waals surface area contributed by atoms with Gasteiger partial charge in [0, 0.05) is 31.5 Å². The quantitative estimate of drug-likeness (QED) is 0.876. The van der Waals surface area contributed by atoms with E-state index in [1.807, 2.05) is 12.1 Å². The first-order valence-electron chi connectivity index (χ1n) is 7.73. The fraction of sp³-hybridized carbons (Fsp3) is 0.562. The molecule has 1 aliphatic heterocycles. The van der Waals surface area contributed by atoms with Crippen molar-refractivity contribution in [2.45, 2.75) is 38.8 Å². The number of hydrogen-bond donors (Lipinski definition) is 1. The number of rotatable bonds is 6. The molecule has 2 aromatic rings. The normalized spacial score (nSPS) is 19.2. The molecule has 4 nitrogen and oxygen atoms in total. The zero-order valence-electron chi connectivity index (χ0n) is 12.3. The summed E-state index contributed by atoms with van der Waals surface area (Å²) >= 11 is 0. The summed E-state index contributed by atoms with van der Waals surface area (Å²) in [6.07, 6.45) is 8.04. The van der Waals surface area contributed by atoms with Crippen LogP contribution in [0.4, 0.5) is 0 Å². The largest absolute Gasteiger partial charge is 0.313 e. The molecule has 0 radical (unpaired) electrons. The maximum Gasteiger partial charge on any atom is 0.137 e. The number of pyridine rings is 1. The van der Waals surface area contributed by atoms with Crippen LogP contribution in [0.3, 0.4) is 0 Å². The summed E-state index contributed by atoms with van der Waals surface area (Å²) in [5.41, 5.74) is 2.21. The second-order valence-electron chi connectivity index (χ2n) is 5.73. The first kappa shape index (κ1) is 13.6. The van der Waals surface area contributed by atoms with E-state index in [1.165, 1.54) is 31.5 Å². The summed E-state index contributed by atoms with van der Waals surface area (Å²) in [6.45, 7) is 6.67. The molecule has 1 saturated heterocycles. The van der Waals surface area contributed by atoms with Crippen LogP contribution in [-0.2, 0) is 6.54 Å². The van der Waals surface area contributed by atoms with Gasteiger partial charge in [0.25, 0.3) is 0 Å². The fourth-order valence-corrected chi connectivity index (χ4v) is 3.07. The van der Waals surface area contributed by atoms with Gasteiger partial charge in [-0.2, -0.15) is 0 Å². The van der Waals surface area contributed by atoms with Crippen LogP contribution in [0.5, 0.6) is 0 Å². The molecule has 3 rings (SSSR count). The molecule has 0 spiro atoms. The second kappa shape index (κ2) is 6.37. The lowest BCUT2D eigenvalue weighted by Gasteiger charge is -2.24. The maximum absolute atomic E-state index is 4.71. The van der Waals surface area contributed by atoms with Gasteiger partial charge in [-0.3, -0.25) is 4.90 Å².